The van der Waals surface area contributed by atoms with Gasteiger partial charge in [-0.2, -0.15) is 35.4 Å². The minimum Gasteiger partial charge on any atom is -0.534 e. The van der Waals surface area contributed by atoms with Crippen LogP contribution in [0.3, 0.4) is 0 Å². The van der Waals surface area contributed by atoms with Crippen molar-refractivity contribution in [3.8, 4) is 11.5 Å². The van der Waals surface area contributed by atoms with Crippen molar-refractivity contribution in [3.05, 3.63) is 59.7 Å². The van der Waals surface area contributed by atoms with Gasteiger partial charge in [-0.25, -0.2) is 0 Å². The van der Waals surface area contributed by atoms with Crippen molar-refractivity contribution in [2.24, 2.45) is 0 Å². The number of phenolic OH excluding ortho intramolecular Hbond substituents is 2. The Hall–Kier alpha value is 1.31. The van der Waals surface area contributed by atoms with Crippen LogP contribution in [-0.4, -0.2) is 10.2 Å². The molecule has 0 saturated carbocycles. The predicted octanol–water partition coefficient (Wildman–Crippen LogP) is -3.70. The molecule has 0 aliphatic carbocycles. The maximum Gasteiger partial charge on any atom is 1.00 e. The van der Waals surface area contributed by atoms with Crippen molar-refractivity contribution in [1.82, 2.24) is 0 Å². The summed E-state index contributed by atoms with van der Waals surface area (Å²) in [4.78, 5) is 0. The quantitative estimate of drug-likeness (QED) is 0.438. The summed E-state index contributed by atoms with van der Waals surface area (Å²) in [6.07, 6.45) is 0.744. The number of benzene rings is 2. The van der Waals surface area contributed by atoms with Crippen molar-refractivity contribution in [2.75, 3.05) is 0 Å². The fourth-order valence-corrected chi connectivity index (χ4v) is 1.35. The molecule has 2 N–H and O–H groups in total. The van der Waals surface area contributed by atoms with Gasteiger partial charge in [-0.1, -0.05) is 6.42 Å². The Morgan fingerprint density at radius 3 is 1.47 bits per heavy atom. The molecule has 2 rings (SSSR count). The van der Waals surface area contributed by atoms with Gasteiger partial charge < -0.3 is 10.2 Å². The third kappa shape index (κ3) is 6.34. The Morgan fingerprint density at radius 2 is 1.18 bits per heavy atom. The number of phenols is 2. The average Bonchev–Trinajstić information content (AvgIpc) is 2.25. The van der Waals surface area contributed by atoms with Gasteiger partial charge in [0.2, 0.25) is 0 Å². The average molecular weight is 276 g/mol. The SMILES string of the molecule is Oc1[c-]cc(Cc2c[c-]c(O)cc2)cc1.[K+].[K+]. The third-order valence-electron chi connectivity index (χ3n) is 2.13. The Labute approximate surface area is 186 Å². The fraction of sp³-hybridized carbons (Fsp3) is 0.0769. The summed E-state index contributed by atoms with van der Waals surface area (Å²) in [7, 11) is 0. The van der Waals surface area contributed by atoms with E-state index in [0.717, 1.165) is 17.5 Å². The van der Waals surface area contributed by atoms with Gasteiger partial charge in [0.25, 0.3) is 0 Å². The molecule has 0 heterocycles. The molecule has 4 heteroatoms. The van der Waals surface area contributed by atoms with E-state index < -0.39 is 0 Å². The van der Waals surface area contributed by atoms with Crippen molar-refractivity contribution in [1.29, 1.82) is 0 Å². The molecule has 76 valence electrons. The molecule has 0 radical (unpaired) electrons. The maximum absolute atomic E-state index is 9.06. The first-order chi connectivity index (χ1) is 7.24. The molecule has 2 aromatic rings. The van der Waals surface area contributed by atoms with E-state index in [2.05, 4.69) is 12.1 Å². The van der Waals surface area contributed by atoms with Gasteiger partial charge in [0, 0.05) is 11.5 Å². The van der Waals surface area contributed by atoms with Crippen LogP contribution < -0.4 is 103 Å². The second kappa shape index (κ2) is 9.25. The summed E-state index contributed by atoms with van der Waals surface area (Å²) in [5.74, 6) is 0.298. The summed E-state index contributed by atoms with van der Waals surface area (Å²) in [5.41, 5.74) is 2.12. The van der Waals surface area contributed by atoms with Gasteiger partial charge in [0.05, 0.1) is 0 Å². The third-order valence-corrected chi connectivity index (χ3v) is 2.13. The largest absolute Gasteiger partial charge is 1.00 e. The van der Waals surface area contributed by atoms with Gasteiger partial charge in [0.1, 0.15) is 0 Å². The summed E-state index contributed by atoms with van der Waals surface area (Å²) in [6.45, 7) is 0. The van der Waals surface area contributed by atoms with Crippen LogP contribution in [0.4, 0.5) is 0 Å². The first kappa shape index (κ1) is 18.3. The van der Waals surface area contributed by atoms with Gasteiger partial charge >= 0.3 is 103 Å². The molecular formula is C13H10K2O2. The van der Waals surface area contributed by atoms with Gasteiger partial charge in [-0.15, -0.1) is 24.3 Å². The number of rotatable bonds is 2. The zero-order chi connectivity index (χ0) is 10.7. The van der Waals surface area contributed by atoms with Gasteiger partial charge in [-0.3, -0.25) is 0 Å². The zero-order valence-electron chi connectivity index (χ0n) is 10.1. The number of hydrogen-bond donors (Lipinski definition) is 2. The zero-order valence-corrected chi connectivity index (χ0v) is 16.3. The van der Waals surface area contributed by atoms with E-state index in [0.29, 0.717) is 0 Å². The molecule has 0 bridgehead atoms. The van der Waals surface area contributed by atoms with Crippen LogP contribution in [0.5, 0.6) is 11.5 Å². The van der Waals surface area contributed by atoms with E-state index in [1.807, 2.05) is 12.1 Å². The first-order valence-electron chi connectivity index (χ1n) is 4.63. The summed E-state index contributed by atoms with van der Waals surface area (Å²) in [6, 6.07) is 15.9. The monoisotopic (exact) mass is 276 g/mol. The van der Waals surface area contributed by atoms with Crippen molar-refractivity contribution in [3.63, 3.8) is 0 Å². The van der Waals surface area contributed by atoms with Crippen LogP contribution in [-0.2, 0) is 6.42 Å². The Morgan fingerprint density at radius 1 is 0.765 bits per heavy atom. The molecule has 0 amide bonds. The fourth-order valence-electron chi connectivity index (χ4n) is 1.35. The van der Waals surface area contributed by atoms with Crippen LogP contribution in [0.25, 0.3) is 0 Å². The standard InChI is InChI=1S/C13H10O2.2K/c14-12-5-1-10(2-6-12)9-11-3-7-13(15)8-4-11;;/h1-5,7,14-15H,9H2;;/q-2;2*+1. The topological polar surface area (TPSA) is 40.5 Å². The maximum atomic E-state index is 9.06. The molecule has 17 heavy (non-hydrogen) atoms. The van der Waals surface area contributed by atoms with E-state index >= 15 is 0 Å². The van der Waals surface area contributed by atoms with Crippen molar-refractivity contribution in [2.45, 2.75) is 6.42 Å². The van der Waals surface area contributed by atoms with E-state index in [1.165, 1.54) is 0 Å². The Balaban J connectivity index is 0.00000128. The summed E-state index contributed by atoms with van der Waals surface area (Å²) >= 11 is 0. The number of hydrogen-bond acceptors (Lipinski definition) is 2. The van der Waals surface area contributed by atoms with Crippen LogP contribution in [0.1, 0.15) is 11.1 Å². The minimum absolute atomic E-state index is 0. The van der Waals surface area contributed by atoms with E-state index in [4.69, 9.17) is 10.2 Å². The second-order valence-corrected chi connectivity index (χ2v) is 3.34. The second-order valence-electron chi connectivity index (χ2n) is 3.34. The van der Waals surface area contributed by atoms with Gasteiger partial charge in [-0.05, 0) is 0 Å². The Bertz CT molecular complexity index is 394. The van der Waals surface area contributed by atoms with Crippen LogP contribution in [0.15, 0.2) is 36.4 Å². The summed E-state index contributed by atoms with van der Waals surface area (Å²) in [5, 5.41) is 18.1. The molecular weight excluding hydrogens is 266 g/mol. The molecule has 0 aliphatic heterocycles. The normalized spacial score (nSPS) is 8.94. The molecule has 0 saturated heterocycles. The number of aromatic hydroxyl groups is 2. The Kier molecular flexibility index (Phi) is 9.97. The molecule has 0 aromatic heterocycles. The molecule has 0 spiro atoms. The smallest absolute Gasteiger partial charge is 0.534 e. The van der Waals surface area contributed by atoms with Crippen LogP contribution in [0.2, 0.25) is 0 Å². The molecule has 0 fully saturated rings. The minimum atomic E-state index is 0. The van der Waals surface area contributed by atoms with Crippen molar-refractivity contribution >= 4 is 0 Å². The molecule has 0 aliphatic rings. The molecule has 0 atom stereocenters. The summed E-state index contributed by atoms with van der Waals surface area (Å²) < 4.78 is 0. The van der Waals surface area contributed by atoms with E-state index in [1.54, 1.807) is 24.3 Å². The van der Waals surface area contributed by atoms with Crippen LogP contribution in [0, 0.1) is 12.1 Å². The van der Waals surface area contributed by atoms with E-state index in [9.17, 15) is 0 Å². The predicted molar refractivity (Wildman–Crippen MR) is 56.7 cm³/mol. The first-order valence-corrected chi connectivity index (χ1v) is 4.63. The van der Waals surface area contributed by atoms with Crippen LogP contribution >= 0.6 is 0 Å². The van der Waals surface area contributed by atoms with Crippen molar-refractivity contribution < 1.29 is 113 Å². The molecule has 2 aromatic carbocycles. The van der Waals surface area contributed by atoms with E-state index in [-0.39, 0.29) is 114 Å². The van der Waals surface area contributed by atoms with Gasteiger partial charge in [0.15, 0.2) is 0 Å². The molecule has 0 unspecified atom stereocenters. The molecule has 2 nitrogen and oxygen atoms in total.